The van der Waals surface area contributed by atoms with Gasteiger partial charge in [-0.25, -0.2) is 4.98 Å². The van der Waals surface area contributed by atoms with Gasteiger partial charge in [-0.3, -0.25) is 4.79 Å². The molecular weight excluding hydrogens is 284 g/mol. The fourth-order valence-electron chi connectivity index (χ4n) is 1.71. The van der Waals surface area contributed by atoms with Gasteiger partial charge in [0.05, 0.1) is 10.7 Å². The second-order valence-electron chi connectivity index (χ2n) is 4.44. The minimum absolute atomic E-state index is 0.0864. The lowest BCUT2D eigenvalue weighted by atomic mass is 10.2. The first-order valence-corrected chi connectivity index (χ1v) is 7.65. The molecule has 1 heterocycles. The zero-order valence-corrected chi connectivity index (χ0v) is 12.9. The molecule has 2 aromatic rings. The number of ether oxygens (including phenoxy) is 1. The number of thiazole rings is 1. The lowest BCUT2D eigenvalue weighted by Gasteiger charge is -2.04. The van der Waals surface area contributed by atoms with E-state index in [0.717, 1.165) is 22.0 Å². The van der Waals surface area contributed by atoms with Crippen molar-refractivity contribution < 1.29 is 9.53 Å². The summed E-state index contributed by atoms with van der Waals surface area (Å²) in [4.78, 5) is 15.7. The van der Waals surface area contributed by atoms with Crippen LogP contribution in [0.2, 0.25) is 0 Å². The van der Waals surface area contributed by atoms with E-state index in [2.05, 4.69) is 10.3 Å². The second kappa shape index (κ2) is 7.59. The number of aromatic nitrogens is 1. The Labute approximate surface area is 128 Å². The summed E-state index contributed by atoms with van der Waals surface area (Å²) in [5.74, 6) is 0.701. The van der Waals surface area contributed by atoms with Crippen LogP contribution in [0, 0.1) is 6.92 Å². The van der Waals surface area contributed by atoms with Gasteiger partial charge in [0.1, 0.15) is 12.4 Å². The Balaban J connectivity index is 1.88. The van der Waals surface area contributed by atoms with Gasteiger partial charge in [0.2, 0.25) is 5.91 Å². The molecule has 0 saturated heterocycles. The number of nitrogens with one attached hydrogen (secondary N) is 1. The van der Waals surface area contributed by atoms with Crippen molar-refractivity contribution >= 4 is 23.3 Å². The summed E-state index contributed by atoms with van der Waals surface area (Å²) in [6.45, 7) is 4.97. The molecule has 1 N–H and O–H groups in total. The Morgan fingerprint density at radius 1 is 1.38 bits per heavy atom. The molecular formula is C16H18N2O2S. The predicted molar refractivity (Wildman–Crippen MR) is 85.3 cm³/mol. The molecule has 1 aromatic heterocycles. The minimum atomic E-state index is -0.0864. The molecule has 0 atom stereocenters. The molecule has 0 saturated carbocycles. The molecule has 1 aromatic carbocycles. The maximum absolute atomic E-state index is 11.3. The Morgan fingerprint density at radius 3 is 2.76 bits per heavy atom. The second-order valence-corrected chi connectivity index (χ2v) is 5.51. The van der Waals surface area contributed by atoms with Crippen LogP contribution in [0.3, 0.4) is 0 Å². The number of amides is 1. The highest BCUT2D eigenvalue weighted by atomic mass is 32.1. The maximum atomic E-state index is 11.3. The molecule has 0 aliphatic rings. The number of benzene rings is 1. The normalized spacial score (nSPS) is 10.8. The van der Waals surface area contributed by atoms with Crippen LogP contribution >= 0.6 is 11.3 Å². The van der Waals surface area contributed by atoms with Crippen LogP contribution in [0.15, 0.2) is 35.7 Å². The SMILES string of the molecule is CCNC(=O)/C=C/c1ccc(OCc2csc(C)n2)cc1. The molecule has 0 bridgehead atoms. The van der Waals surface area contributed by atoms with Crippen molar-refractivity contribution in [1.29, 1.82) is 0 Å². The zero-order chi connectivity index (χ0) is 15.1. The van der Waals surface area contributed by atoms with Crippen molar-refractivity contribution in [1.82, 2.24) is 10.3 Å². The topological polar surface area (TPSA) is 51.2 Å². The van der Waals surface area contributed by atoms with Crippen molar-refractivity contribution in [3.63, 3.8) is 0 Å². The standard InChI is InChI=1S/C16H18N2O2S/c1-3-17-16(19)9-6-13-4-7-15(8-5-13)20-10-14-11-21-12(2)18-14/h4-9,11H,3,10H2,1-2H3,(H,17,19)/b9-6+. The van der Waals surface area contributed by atoms with Gasteiger partial charge in [-0.15, -0.1) is 11.3 Å². The van der Waals surface area contributed by atoms with Crippen LogP contribution in [0.1, 0.15) is 23.2 Å². The monoisotopic (exact) mass is 302 g/mol. The Bertz CT molecular complexity index is 617. The first-order chi connectivity index (χ1) is 10.2. The molecule has 0 aliphatic carbocycles. The van der Waals surface area contributed by atoms with Crippen LogP contribution < -0.4 is 10.1 Å². The molecule has 0 radical (unpaired) electrons. The third-order valence-electron chi connectivity index (χ3n) is 2.71. The molecule has 1 amide bonds. The fourth-order valence-corrected chi connectivity index (χ4v) is 2.31. The number of carbonyl (C=O) groups is 1. The van der Waals surface area contributed by atoms with Crippen molar-refractivity contribution in [2.24, 2.45) is 0 Å². The molecule has 0 aliphatic heterocycles. The van der Waals surface area contributed by atoms with E-state index in [4.69, 9.17) is 4.74 Å². The molecule has 0 unspecified atom stereocenters. The van der Waals surface area contributed by atoms with Gasteiger partial charge in [-0.05, 0) is 37.6 Å². The van der Waals surface area contributed by atoms with Crippen LogP contribution in [0.25, 0.3) is 6.08 Å². The number of carbonyl (C=O) groups excluding carboxylic acids is 1. The number of rotatable bonds is 6. The predicted octanol–water partition coefficient (Wildman–Crippen LogP) is 3.18. The lowest BCUT2D eigenvalue weighted by molar-refractivity contribution is -0.116. The fraction of sp³-hybridized carbons (Fsp3) is 0.250. The van der Waals surface area contributed by atoms with Crippen molar-refractivity contribution in [2.75, 3.05) is 6.54 Å². The van der Waals surface area contributed by atoms with Gasteiger partial charge in [-0.2, -0.15) is 0 Å². The van der Waals surface area contributed by atoms with E-state index in [1.807, 2.05) is 43.5 Å². The Morgan fingerprint density at radius 2 is 2.14 bits per heavy atom. The van der Waals surface area contributed by atoms with Gasteiger partial charge in [0.15, 0.2) is 0 Å². The minimum Gasteiger partial charge on any atom is -0.487 e. The average Bonchev–Trinajstić information content (AvgIpc) is 2.90. The summed E-state index contributed by atoms with van der Waals surface area (Å²) < 4.78 is 5.67. The third kappa shape index (κ3) is 5.04. The first-order valence-electron chi connectivity index (χ1n) is 6.77. The molecule has 4 nitrogen and oxygen atoms in total. The number of hydrogen-bond acceptors (Lipinski definition) is 4. The molecule has 0 fully saturated rings. The van der Waals surface area contributed by atoms with Crippen molar-refractivity contribution in [3.05, 3.63) is 52.0 Å². The van der Waals surface area contributed by atoms with E-state index < -0.39 is 0 Å². The number of likely N-dealkylation sites (N-methyl/N-ethyl adjacent to an activating group) is 1. The lowest BCUT2D eigenvalue weighted by Crippen LogP contribution is -2.19. The molecule has 5 heteroatoms. The number of aryl methyl sites for hydroxylation is 1. The van der Waals surface area contributed by atoms with Gasteiger partial charge < -0.3 is 10.1 Å². The third-order valence-corrected chi connectivity index (χ3v) is 3.53. The van der Waals surface area contributed by atoms with Gasteiger partial charge >= 0.3 is 0 Å². The molecule has 2 rings (SSSR count). The van der Waals surface area contributed by atoms with E-state index >= 15 is 0 Å². The van der Waals surface area contributed by atoms with E-state index in [0.29, 0.717) is 13.2 Å². The van der Waals surface area contributed by atoms with E-state index in [-0.39, 0.29) is 5.91 Å². The highest BCUT2D eigenvalue weighted by Crippen LogP contribution is 2.16. The summed E-state index contributed by atoms with van der Waals surface area (Å²) >= 11 is 1.62. The first kappa shape index (κ1) is 15.3. The average molecular weight is 302 g/mol. The highest BCUT2D eigenvalue weighted by molar-refractivity contribution is 7.09. The highest BCUT2D eigenvalue weighted by Gasteiger charge is 2.00. The van der Waals surface area contributed by atoms with Crippen LogP contribution in [-0.2, 0) is 11.4 Å². The molecule has 21 heavy (non-hydrogen) atoms. The van der Waals surface area contributed by atoms with E-state index in [9.17, 15) is 4.79 Å². The van der Waals surface area contributed by atoms with Gasteiger partial charge in [0.25, 0.3) is 0 Å². The molecule has 110 valence electrons. The van der Waals surface area contributed by atoms with E-state index in [1.165, 1.54) is 6.08 Å². The Kier molecular flexibility index (Phi) is 5.51. The summed E-state index contributed by atoms with van der Waals surface area (Å²) in [6, 6.07) is 7.60. The van der Waals surface area contributed by atoms with Crippen molar-refractivity contribution in [2.45, 2.75) is 20.5 Å². The van der Waals surface area contributed by atoms with Crippen molar-refractivity contribution in [3.8, 4) is 5.75 Å². The number of hydrogen-bond donors (Lipinski definition) is 1. The van der Waals surface area contributed by atoms with Crippen LogP contribution in [-0.4, -0.2) is 17.4 Å². The summed E-state index contributed by atoms with van der Waals surface area (Å²) in [5, 5.41) is 5.75. The van der Waals surface area contributed by atoms with Crippen LogP contribution in [0.5, 0.6) is 5.75 Å². The zero-order valence-electron chi connectivity index (χ0n) is 12.1. The quantitative estimate of drug-likeness (QED) is 0.834. The Hall–Kier alpha value is -2.14. The summed E-state index contributed by atoms with van der Waals surface area (Å²) in [5.41, 5.74) is 1.90. The van der Waals surface area contributed by atoms with Crippen LogP contribution in [0.4, 0.5) is 0 Å². The summed E-state index contributed by atoms with van der Waals surface area (Å²) in [6.07, 6.45) is 3.30. The van der Waals surface area contributed by atoms with E-state index in [1.54, 1.807) is 17.4 Å². The van der Waals surface area contributed by atoms with Gasteiger partial charge in [0, 0.05) is 18.0 Å². The molecule has 0 spiro atoms. The number of nitrogens with zero attached hydrogens (tertiary/aromatic N) is 1. The van der Waals surface area contributed by atoms with Gasteiger partial charge in [-0.1, -0.05) is 12.1 Å². The summed E-state index contributed by atoms with van der Waals surface area (Å²) in [7, 11) is 0. The largest absolute Gasteiger partial charge is 0.487 e. The maximum Gasteiger partial charge on any atom is 0.243 e. The smallest absolute Gasteiger partial charge is 0.243 e.